The number of carbonyl (C=O) groups is 3. The van der Waals surface area contributed by atoms with Gasteiger partial charge in [0.05, 0.1) is 11.4 Å². The Kier molecular flexibility index (Phi) is 8.46. The first-order valence-electron chi connectivity index (χ1n) is 10.1. The summed E-state index contributed by atoms with van der Waals surface area (Å²) < 4.78 is 10.7. The lowest BCUT2D eigenvalue weighted by Gasteiger charge is -2.09. The van der Waals surface area contributed by atoms with Gasteiger partial charge in [-0.15, -0.1) is 0 Å². The lowest BCUT2D eigenvalue weighted by Crippen LogP contribution is -2.17. The maximum Gasteiger partial charge on any atom is 0.306 e. The molecule has 3 aromatic carbocycles. The van der Waals surface area contributed by atoms with Crippen molar-refractivity contribution >= 4 is 46.5 Å². The Morgan fingerprint density at radius 1 is 0.879 bits per heavy atom. The van der Waals surface area contributed by atoms with Gasteiger partial charge in [0.15, 0.2) is 12.4 Å². The van der Waals surface area contributed by atoms with E-state index in [1.807, 2.05) is 19.1 Å². The number of benzene rings is 3. The van der Waals surface area contributed by atoms with Crippen molar-refractivity contribution in [1.82, 2.24) is 0 Å². The summed E-state index contributed by atoms with van der Waals surface area (Å²) in [7, 11) is 0. The Morgan fingerprint density at radius 2 is 1.58 bits per heavy atom. The second-order valence-corrected chi connectivity index (χ2v) is 8.04. The number of Topliss-reactive ketones (excluding diaryl/α,β-unsaturated/α-hetero) is 1. The van der Waals surface area contributed by atoms with E-state index in [1.165, 1.54) is 0 Å². The number of nitrogens with one attached hydrogen (secondary N) is 1. The number of aryl methyl sites for hydroxylation is 1. The highest BCUT2D eigenvalue weighted by Gasteiger charge is 2.12. The summed E-state index contributed by atoms with van der Waals surface area (Å²) in [4.78, 5) is 36.0. The van der Waals surface area contributed by atoms with Crippen molar-refractivity contribution in [1.29, 1.82) is 0 Å². The highest BCUT2D eigenvalue weighted by atomic mass is 35.5. The molecular formula is C25H21Cl2NO5. The van der Waals surface area contributed by atoms with Crippen LogP contribution >= 0.6 is 23.2 Å². The zero-order valence-corrected chi connectivity index (χ0v) is 19.3. The maximum atomic E-state index is 12.1. The number of hydrogen-bond acceptors (Lipinski definition) is 5. The van der Waals surface area contributed by atoms with Crippen LogP contribution in [0.4, 0.5) is 5.69 Å². The lowest BCUT2D eigenvalue weighted by atomic mass is 10.1. The highest BCUT2D eigenvalue weighted by molar-refractivity contribution is 6.35. The molecule has 0 aliphatic rings. The second-order valence-electron chi connectivity index (χ2n) is 7.20. The molecule has 0 aliphatic carbocycles. The van der Waals surface area contributed by atoms with Gasteiger partial charge in [-0.1, -0.05) is 53.0 Å². The van der Waals surface area contributed by atoms with Crippen LogP contribution in [-0.2, 0) is 14.3 Å². The normalized spacial score (nSPS) is 10.4. The molecule has 0 radical (unpaired) electrons. The van der Waals surface area contributed by atoms with Crippen LogP contribution in [-0.4, -0.2) is 24.3 Å². The van der Waals surface area contributed by atoms with E-state index in [0.717, 1.165) is 5.56 Å². The molecule has 1 amide bonds. The van der Waals surface area contributed by atoms with E-state index in [-0.39, 0.29) is 31.1 Å². The Hall–Kier alpha value is -3.35. The van der Waals surface area contributed by atoms with Gasteiger partial charge in [-0.05, 0) is 49.4 Å². The van der Waals surface area contributed by atoms with Gasteiger partial charge >= 0.3 is 5.97 Å². The van der Waals surface area contributed by atoms with Gasteiger partial charge in [-0.2, -0.15) is 0 Å². The van der Waals surface area contributed by atoms with Gasteiger partial charge in [-0.3, -0.25) is 14.4 Å². The molecule has 0 bridgehead atoms. The van der Waals surface area contributed by atoms with E-state index < -0.39 is 5.97 Å². The van der Waals surface area contributed by atoms with E-state index >= 15 is 0 Å². The first-order valence-corrected chi connectivity index (χ1v) is 10.8. The van der Waals surface area contributed by atoms with Crippen LogP contribution in [0.2, 0.25) is 10.0 Å². The zero-order valence-electron chi connectivity index (χ0n) is 17.8. The summed E-state index contributed by atoms with van der Waals surface area (Å²) in [5.74, 6) is -0.285. The highest BCUT2D eigenvalue weighted by Crippen LogP contribution is 2.31. The van der Waals surface area contributed by atoms with Crippen LogP contribution in [0.1, 0.15) is 28.8 Å². The molecule has 1 N–H and O–H groups in total. The molecule has 0 aliphatic heterocycles. The fraction of sp³-hybridized carbons (Fsp3) is 0.160. The summed E-state index contributed by atoms with van der Waals surface area (Å²) in [6, 6.07) is 18.6. The minimum absolute atomic E-state index is 0.0732. The number of ketones is 1. The minimum atomic E-state index is -0.616. The Balaban J connectivity index is 1.41. The predicted octanol–water partition coefficient (Wildman–Crippen LogP) is 6.24. The summed E-state index contributed by atoms with van der Waals surface area (Å²) >= 11 is 12.0. The molecule has 0 spiro atoms. The molecule has 0 heterocycles. The molecule has 0 aromatic heterocycles. The molecule has 0 saturated heterocycles. The number of amides is 1. The molecule has 3 rings (SSSR count). The summed E-state index contributed by atoms with van der Waals surface area (Å²) in [6.45, 7) is 1.56. The number of halogens is 2. The van der Waals surface area contributed by atoms with Crippen LogP contribution in [0.5, 0.6) is 11.5 Å². The smallest absolute Gasteiger partial charge is 0.306 e. The first-order chi connectivity index (χ1) is 15.8. The molecule has 8 heteroatoms. The van der Waals surface area contributed by atoms with Crippen molar-refractivity contribution in [3.05, 3.63) is 87.9 Å². The quantitative estimate of drug-likeness (QED) is 0.286. The maximum absolute atomic E-state index is 12.1. The number of carbonyl (C=O) groups excluding carboxylic acids is 3. The van der Waals surface area contributed by atoms with Crippen molar-refractivity contribution in [3.63, 3.8) is 0 Å². The van der Waals surface area contributed by atoms with Gasteiger partial charge in [0, 0.05) is 22.7 Å². The molecule has 6 nitrogen and oxygen atoms in total. The number of ether oxygens (including phenoxy) is 2. The van der Waals surface area contributed by atoms with Crippen molar-refractivity contribution in [2.45, 2.75) is 19.8 Å². The topological polar surface area (TPSA) is 81.7 Å². The standard InChI is InChI=1S/C25H21Cl2NO5/c1-16-2-4-17(5-3-16)22(29)15-32-25(31)13-12-24(30)28-19-7-9-20(10-8-19)33-23-11-6-18(26)14-21(23)27/h2-11,14H,12-13,15H2,1H3,(H,28,30). The van der Waals surface area contributed by atoms with Crippen molar-refractivity contribution in [2.24, 2.45) is 0 Å². The van der Waals surface area contributed by atoms with Crippen LogP contribution < -0.4 is 10.1 Å². The number of anilines is 1. The Bertz CT molecular complexity index is 1140. The van der Waals surface area contributed by atoms with Crippen molar-refractivity contribution in [3.8, 4) is 11.5 Å². The van der Waals surface area contributed by atoms with Gasteiger partial charge in [-0.25, -0.2) is 0 Å². The van der Waals surface area contributed by atoms with Crippen molar-refractivity contribution in [2.75, 3.05) is 11.9 Å². The van der Waals surface area contributed by atoms with Crippen molar-refractivity contribution < 1.29 is 23.9 Å². The molecular weight excluding hydrogens is 465 g/mol. The Labute approximate surface area is 201 Å². The fourth-order valence-electron chi connectivity index (χ4n) is 2.77. The zero-order chi connectivity index (χ0) is 23.8. The third-order valence-electron chi connectivity index (χ3n) is 4.55. The largest absolute Gasteiger partial charge is 0.457 e. The average Bonchev–Trinajstić information content (AvgIpc) is 2.79. The molecule has 0 saturated carbocycles. The third-order valence-corrected chi connectivity index (χ3v) is 5.08. The van der Waals surface area contributed by atoms with E-state index in [9.17, 15) is 14.4 Å². The molecule has 0 unspecified atom stereocenters. The Morgan fingerprint density at radius 3 is 2.24 bits per heavy atom. The summed E-state index contributed by atoms with van der Waals surface area (Å²) in [5, 5.41) is 3.58. The van der Waals surface area contributed by atoms with Gasteiger partial charge in [0.2, 0.25) is 5.91 Å². The van der Waals surface area contributed by atoms with Crippen LogP contribution in [0.15, 0.2) is 66.7 Å². The summed E-state index contributed by atoms with van der Waals surface area (Å²) in [5.41, 5.74) is 2.04. The monoisotopic (exact) mass is 485 g/mol. The molecule has 170 valence electrons. The van der Waals surface area contributed by atoms with Crippen LogP contribution in [0.3, 0.4) is 0 Å². The average molecular weight is 486 g/mol. The molecule has 0 fully saturated rings. The fourth-order valence-corrected chi connectivity index (χ4v) is 3.22. The van der Waals surface area contributed by atoms with Crippen LogP contribution in [0.25, 0.3) is 0 Å². The lowest BCUT2D eigenvalue weighted by molar-refractivity contribution is -0.143. The third kappa shape index (κ3) is 7.63. The van der Waals surface area contributed by atoms with E-state index in [0.29, 0.717) is 32.8 Å². The van der Waals surface area contributed by atoms with Gasteiger partial charge in [0.25, 0.3) is 0 Å². The van der Waals surface area contributed by atoms with E-state index in [4.69, 9.17) is 32.7 Å². The number of esters is 1. The number of hydrogen-bond donors (Lipinski definition) is 1. The summed E-state index contributed by atoms with van der Waals surface area (Å²) in [6.07, 6.45) is -0.209. The predicted molar refractivity (Wildman–Crippen MR) is 127 cm³/mol. The SMILES string of the molecule is Cc1ccc(C(=O)COC(=O)CCC(=O)Nc2ccc(Oc3ccc(Cl)cc3Cl)cc2)cc1. The molecule has 33 heavy (non-hydrogen) atoms. The van der Waals surface area contributed by atoms with E-state index in [2.05, 4.69) is 5.32 Å². The van der Waals surface area contributed by atoms with Gasteiger partial charge in [0.1, 0.15) is 11.5 Å². The minimum Gasteiger partial charge on any atom is -0.457 e. The van der Waals surface area contributed by atoms with Crippen LogP contribution in [0, 0.1) is 6.92 Å². The van der Waals surface area contributed by atoms with E-state index in [1.54, 1.807) is 54.6 Å². The number of rotatable bonds is 9. The second kappa shape index (κ2) is 11.5. The first kappa shape index (κ1) is 24.3. The molecule has 3 aromatic rings. The molecule has 0 atom stereocenters. The van der Waals surface area contributed by atoms with Gasteiger partial charge < -0.3 is 14.8 Å².